The lowest BCUT2D eigenvalue weighted by Crippen LogP contribution is -2.44. The van der Waals surface area contributed by atoms with Crippen LogP contribution in [0.15, 0.2) is 30.6 Å². The van der Waals surface area contributed by atoms with Gasteiger partial charge in [0, 0.05) is 24.5 Å². The highest BCUT2D eigenvalue weighted by Gasteiger charge is 2.34. The molecule has 146 valence electrons. The molecule has 0 bridgehead atoms. The maximum Gasteiger partial charge on any atom is 0.451 e. The molecule has 10 heteroatoms. The minimum atomic E-state index is -4.64. The number of carbonyl (C=O) groups excluding carboxylic acids is 1. The van der Waals surface area contributed by atoms with Gasteiger partial charge in [-0.2, -0.15) is 18.4 Å². The fourth-order valence-corrected chi connectivity index (χ4v) is 2.87. The Morgan fingerprint density at radius 2 is 2.00 bits per heavy atom. The maximum absolute atomic E-state index is 13.6. The van der Waals surface area contributed by atoms with Crippen LogP contribution in [0.25, 0.3) is 11.1 Å². The quantitative estimate of drug-likeness (QED) is 0.779. The second kappa shape index (κ2) is 7.90. The number of alkyl halides is 4. The Morgan fingerprint density at radius 3 is 2.57 bits per heavy atom. The van der Waals surface area contributed by atoms with Crippen molar-refractivity contribution in [3.63, 3.8) is 0 Å². The van der Waals surface area contributed by atoms with E-state index < -0.39 is 30.1 Å². The third-order valence-electron chi connectivity index (χ3n) is 4.35. The Labute approximate surface area is 157 Å². The normalized spacial score (nSPS) is 19.2. The smallest absolute Gasteiger partial charge is 0.351 e. The van der Waals surface area contributed by atoms with Crippen LogP contribution in [0, 0.1) is 11.3 Å². The Bertz CT molecular complexity index is 908. The lowest BCUT2D eigenvalue weighted by Gasteiger charge is -2.14. The molecule has 3 rings (SSSR count). The summed E-state index contributed by atoms with van der Waals surface area (Å²) < 4.78 is 51.4. The third-order valence-corrected chi connectivity index (χ3v) is 4.35. The number of hydrogen-bond acceptors (Lipinski definition) is 5. The number of halogens is 4. The summed E-state index contributed by atoms with van der Waals surface area (Å²) in [5, 5.41) is 14.6. The first-order valence-electron chi connectivity index (χ1n) is 8.37. The highest BCUT2D eigenvalue weighted by atomic mass is 19.4. The van der Waals surface area contributed by atoms with Crippen molar-refractivity contribution >= 4 is 5.91 Å². The molecule has 1 saturated heterocycles. The van der Waals surface area contributed by atoms with E-state index in [1.165, 1.54) is 6.07 Å². The Hall–Kier alpha value is -3.06. The van der Waals surface area contributed by atoms with Gasteiger partial charge in [-0.05, 0) is 36.2 Å². The minimum absolute atomic E-state index is 0.0258. The Kier molecular flexibility index (Phi) is 5.56. The van der Waals surface area contributed by atoms with Crippen molar-refractivity contribution in [3.8, 4) is 17.2 Å². The summed E-state index contributed by atoms with van der Waals surface area (Å²) in [4.78, 5) is 18.7. The Morgan fingerprint density at radius 1 is 1.29 bits per heavy atom. The molecule has 2 aromatic rings. The van der Waals surface area contributed by atoms with E-state index >= 15 is 0 Å². The van der Waals surface area contributed by atoms with Crippen LogP contribution in [0.1, 0.15) is 23.4 Å². The number of nitrogens with one attached hydrogen (secondary N) is 2. The van der Waals surface area contributed by atoms with Crippen molar-refractivity contribution in [2.75, 3.05) is 6.54 Å². The van der Waals surface area contributed by atoms with Crippen LogP contribution in [-0.2, 0) is 17.5 Å². The van der Waals surface area contributed by atoms with E-state index in [2.05, 4.69) is 20.6 Å². The monoisotopic (exact) mass is 393 g/mol. The number of aromatic nitrogens is 2. The summed E-state index contributed by atoms with van der Waals surface area (Å²) >= 11 is 0. The molecule has 1 aliphatic heterocycles. The molecule has 28 heavy (non-hydrogen) atoms. The van der Waals surface area contributed by atoms with Crippen LogP contribution in [0.3, 0.4) is 0 Å². The van der Waals surface area contributed by atoms with E-state index in [9.17, 15) is 27.6 Å². The Balaban J connectivity index is 1.78. The minimum Gasteiger partial charge on any atom is -0.351 e. The summed E-state index contributed by atoms with van der Waals surface area (Å²) in [6, 6.07) is 5.64. The van der Waals surface area contributed by atoms with Gasteiger partial charge in [-0.1, -0.05) is 6.07 Å². The highest BCUT2D eigenvalue weighted by molar-refractivity contribution is 5.83. The van der Waals surface area contributed by atoms with Gasteiger partial charge in [-0.3, -0.25) is 4.79 Å². The number of hydrogen-bond donors (Lipinski definition) is 2. The number of carbonyl (C=O) groups is 1. The van der Waals surface area contributed by atoms with E-state index in [-0.39, 0.29) is 18.5 Å². The zero-order valence-corrected chi connectivity index (χ0v) is 14.4. The number of amides is 1. The number of nitriles is 1. The number of benzene rings is 1. The molecule has 1 aromatic carbocycles. The second-order valence-electron chi connectivity index (χ2n) is 6.23. The van der Waals surface area contributed by atoms with Crippen LogP contribution in [0.4, 0.5) is 17.6 Å². The SMILES string of the molecule is N#Cc1ccc(-c2cnc(C(F)(F)F)nc2)cc1CNC(=O)C1NCCC1F. The van der Waals surface area contributed by atoms with Crippen molar-refractivity contribution in [2.45, 2.75) is 31.4 Å². The van der Waals surface area contributed by atoms with E-state index in [4.69, 9.17) is 0 Å². The molecule has 0 radical (unpaired) electrons. The van der Waals surface area contributed by atoms with Gasteiger partial charge >= 0.3 is 6.18 Å². The van der Waals surface area contributed by atoms with E-state index in [1.807, 2.05) is 6.07 Å². The lowest BCUT2D eigenvalue weighted by molar-refractivity contribution is -0.145. The van der Waals surface area contributed by atoms with Gasteiger partial charge in [0.2, 0.25) is 11.7 Å². The van der Waals surface area contributed by atoms with Crippen LogP contribution < -0.4 is 10.6 Å². The van der Waals surface area contributed by atoms with Gasteiger partial charge in [-0.15, -0.1) is 0 Å². The number of nitrogens with zero attached hydrogens (tertiary/aromatic N) is 3. The summed E-state index contributed by atoms with van der Waals surface area (Å²) in [5.74, 6) is -1.76. The molecule has 0 saturated carbocycles. The molecular formula is C18H15F4N5O. The molecule has 1 amide bonds. The standard InChI is InChI=1S/C18H15F4N5O/c19-14-3-4-24-15(14)16(28)25-7-12-5-10(1-2-11(12)6-23)13-8-26-17(27-9-13)18(20,21)22/h1-2,5,8-9,14-15,24H,3-4,7H2,(H,25,28). The average molecular weight is 393 g/mol. The van der Waals surface area contributed by atoms with Gasteiger partial charge in [0.25, 0.3) is 0 Å². The van der Waals surface area contributed by atoms with Gasteiger partial charge in [0.1, 0.15) is 12.2 Å². The first kappa shape index (κ1) is 19.7. The molecule has 0 aliphatic carbocycles. The zero-order chi connectivity index (χ0) is 20.3. The molecule has 0 spiro atoms. The summed E-state index contributed by atoms with van der Waals surface area (Å²) in [5.41, 5.74) is 1.54. The maximum atomic E-state index is 13.6. The molecule has 2 heterocycles. The van der Waals surface area contributed by atoms with Crippen molar-refractivity contribution in [2.24, 2.45) is 0 Å². The van der Waals surface area contributed by atoms with E-state index in [1.54, 1.807) is 12.1 Å². The summed E-state index contributed by atoms with van der Waals surface area (Å²) in [7, 11) is 0. The van der Waals surface area contributed by atoms with Gasteiger partial charge < -0.3 is 10.6 Å². The largest absolute Gasteiger partial charge is 0.451 e. The topological polar surface area (TPSA) is 90.7 Å². The average Bonchev–Trinajstić information content (AvgIpc) is 3.11. The van der Waals surface area contributed by atoms with Gasteiger partial charge in [0.15, 0.2) is 0 Å². The van der Waals surface area contributed by atoms with Crippen molar-refractivity contribution in [1.29, 1.82) is 5.26 Å². The first-order chi connectivity index (χ1) is 13.3. The molecule has 6 nitrogen and oxygen atoms in total. The molecule has 1 aromatic heterocycles. The highest BCUT2D eigenvalue weighted by Crippen LogP contribution is 2.27. The summed E-state index contributed by atoms with van der Waals surface area (Å²) in [6.07, 6.45) is -3.58. The van der Waals surface area contributed by atoms with Crippen molar-refractivity contribution in [3.05, 3.63) is 47.5 Å². The fraction of sp³-hybridized carbons (Fsp3) is 0.333. The molecule has 2 atom stereocenters. The first-order valence-corrected chi connectivity index (χ1v) is 8.37. The van der Waals surface area contributed by atoms with E-state index in [0.717, 1.165) is 12.4 Å². The van der Waals surface area contributed by atoms with E-state index in [0.29, 0.717) is 23.2 Å². The van der Waals surface area contributed by atoms with Crippen LogP contribution in [0.5, 0.6) is 0 Å². The predicted molar refractivity (Wildman–Crippen MR) is 90.3 cm³/mol. The van der Waals surface area contributed by atoms with Crippen molar-refractivity contribution < 1.29 is 22.4 Å². The van der Waals surface area contributed by atoms with Crippen LogP contribution in [0.2, 0.25) is 0 Å². The third kappa shape index (κ3) is 4.26. The molecule has 2 N–H and O–H groups in total. The molecule has 2 unspecified atom stereocenters. The molecule has 1 fully saturated rings. The predicted octanol–water partition coefficient (Wildman–Crippen LogP) is 2.35. The van der Waals surface area contributed by atoms with Crippen molar-refractivity contribution in [1.82, 2.24) is 20.6 Å². The summed E-state index contributed by atoms with van der Waals surface area (Å²) in [6.45, 7) is 0.383. The fourth-order valence-electron chi connectivity index (χ4n) is 2.87. The van der Waals surface area contributed by atoms with Gasteiger partial charge in [0.05, 0.1) is 11.6 Å². The van der Waals surface area contributed by atoms with Crippen LogP contribution in [-0.4, -0.2) is 34.6 Å². The molecule has 1 aliphatic rings. The van der Waals surface area contributed by atoms with Gasteiger partial charge in [-0.25, -0.2) is 14.4 Å². The second-order valence-corrected chi connectivity index (χ2v) is 6.23. The lowest BCUT2D eigenvalue weighted by atomic mass is 10.0. The van der Waals surface area contributed by atoms with Crippen LogP contribution >= 0.6 is 0 Å². The number of rotatable bonds is 4. The zero-order valence-electron chi connectivity index (χ0n) is 14.4. The molecular weight excluding hydrogens is 378 g/mol.